The van der Waals surface area contributed by atoms with Crippen molar-refractivity contribution in [3.05, 3.63) is 77.0 Å². The first-order chi connectivity index (χ1) is 15.1. The lowest BCUT2D eigenvalue weighted by atomic mass is 10.0. The maximum atomic E-state index is 12.2. The second-order valence-corrected chi connectivity index (χ2v) is 7.62. The van der Waals surface area contributed by atoms with Crippen LogP contribution in [0.5, 0.6) is 0 Å². The number of hydrogen-bond donors (Lipinski definition) is 2. The molecule has 0 saturated heterocycles. The minimum atomic E-state index is -0.00357. The number of hydrogen-bond acceptors (Lipinski definition) is 4. The smallest absolute Gasteiger partial charge is 0.224 e. The largest absolute Gasteiger partial charge is 0.382 e. The lowest BCUT2D eigenvalue weighted by Gasteiger charge is -2.06. The average Bonchev–Trinajstić information content (AvgIpc) is 3.12. The van der Waals surface area contributed by atoms with Gasteiger partial charge in [-0.2, -0.15) is 10.4 Å². The van der Waals surface area contributed by atoms with Crippen LogP contribution in [0.15, 0.2) is 54.6 Å². The number of carbonyl (C=O) groups is 1. The van der Waals surface area contributed by atoms with Crippen LogP contribution in [0, 0.1) is 11.3 Å². The van der Waals surface area contributed by atoms with Crippen LogP contribution in [0.2, 0.25) is 0 Å². The molecule has 3 aromatic rings. The van der Waals surface area contributed by atoms with E-state index in [-0.39, 0.29) is 5.91 Å². The lowest BCUT2D eigenvalue weighted by molar-refractivity contribution is -0.120. The first kappa shape index (κ1) is 22.1. The Balaban J connectivity index is 1.49. The van der Waals surface area contributed by atoms with Gasteiger partial charge in [-0.1, -0.05) is 55.8 Å². The van der Waals surface area contributed by atoms with Gasteiger partial charge < -0.3 is 11.1 Å². The molecule has 0 spiro atoms. The van der Waals surface area contributed by atoms with Gasteiger partial charge in [-0.15, -0.1) is 0 Å². The van der Waals surface area contributed by atoms with E-state index >= 15 is 0 Å². The topological polar surface area (TPSA) is 96.7 Å². The lowest BCUT2D eigenvalue weighted by Crippen LogP contribution is -2.26. The monoisotopic (exact) mass is 415 g/mol. The quantitative estimate of drug-likeness (QED) is 0.490. The van der Waals surface area contributed by atoms with Gasteiger partial charge in [-0.25, -0.2) is 4.68 Å². The fraction of sp³-hybridized carbons (Fsp3) is 0.320. The summed E-state index contributed by atoms with van der Waals surface area (Å²) in [4.78, 5) is 12.2. The molecule has 0 radical (unpaired) electrons. The Morgan fingerprint density at radius 3 is 2.45 bits per heavy atom. The maximum absolute atomic E-state index is 12.2. The van der Waals surface area contributed by atoms with Crippen molar-refractivity contribution in [2.45, 2.75) is 45.4 Å². The van der Waals surface area contributed by atoms with Gasteiger partial charge in [-0.3, -0.25) is 4.79 Å². The number of nitriles is 1. The van der Waals surface area contributed by atoms with Gasteiger partial charge in [-0.05, 0) is 48.9 Å². The molecule has 0 bridgehead atoms. The van der Waals surface area contributed by atoms with Crippen molar-refractivity contribution in [2.75, 3.05) is 12.3 Å². The Morgan fingerprint density at radius 1 is 1.06 bits per heavy atom. The van der Waals surface area contributed by atoms with Gasteiger partial charge in [0.25, 0.3) is 0 Å². The second kappa shape index (κ2) is 11.0. The minimum Gasteiger partial charge on any atom is -0.382 e. The Morgan fingerprint density at radius 2 is 1.77 bits per heavy atom. The van der Waals surface area contributed by atoms with Crippen LogP contribution >= 0.6 is 0 Å². The molecule has 3 rings (SSSR count). The van der Waals surface area contributed by atoms with E-state index in [2.05, 4.69) is 35.5 Å². The number of benzene rings is 2. The summed E-state index contributed by atoms with van der Waals surface area (Å²) in [5.41, 5.74) is 10.3. The molecule has 3 N–H and O–H groups in total. The highest BCUT2D eigenvalue weighted by atomic mass is 16.1. The summed E-state index contributed by atoms with van der Waals surface area (Å²) >= 11 is 0. The van der Waals surface area contributed by atoms with E-state index in [4.69, 9.17) is 5.73 Å². The van der Waals surface area contributed by atoms with Crippen molar-refractivity contribution in [3.8, 4) is 11.8 Å². The first-order valence-electron chi connectivity index (χ1n) is 10.8. The second-order valence-electron chi connectivity index (χ2n) is 7.62. The highest BCUT2D eigenvalue weighted by Crippen LogP contribution is 2.21. The van der Waals surface area contributed by atoms with Crippen LogP contribution in [0.4, 0.5) is 5.82 Å². The zero-order chi connectivity index (χ0) is 22.1. The first-order valence-corrected chi connectivity index (χ1v) is 10.8. The van der Waals surface area contributed by atoms with E-state index in [1.54, 1.807) is 4.68 Å². The van der Waals surface area contributed by atoms with Gasteiger partial charge in [0.1, 0.15) is 17.5 Å². The molecule has 6 heteroatoms. The summed E-state index contributed by atoms with van der Waals surface area (Å²) in [5.74, 6) is 0.339. The van der Waals surface area contributed by atoms with Crippen molar-refractivity contribution in [2.24, 2.45) is 0 Å². The molecule has 6 nitrogen and oxygen atoms in total. The summed E-state index contributed by atoms with van der Waals surface area (Å²) in [6.45, 7) is 2.71. The van der Waals surface area contributed by atoms with Crippen molar-refractivity contribution < 1.29 is 4.79 Å². The standard InChI is InChI=1S/C25H29N5O/c1-2-3-8-19-12-14-20(15-13-19)17-24(31)28-16-7-11-23-22(18-26)25(27)30(29-23)21-9-5-4-6-10-21/h4-6,9-10,12-15H,2-3,7-8,11,16-17,27H2,1H3,(H,28,31). The number of rotatable bonds is 10. The number of amides is 1. The highest BCUT2D eigenvalue weighted by Gasteiger charge is 2.16. The molecule has 1 aromatic heterocycles. The molecule has 0 unspecified atom stereocenters. The fourth-order valence-electron chi connectivity index (χ4n) is 3.48. The summed E-state index contributed by atoms with van der Waals surface area (Å²) in [6, 6.07) is 19.9. The third kappa shape index (κ3) is 5.95. The molecule has 1 amide bonds. The third-order valence-corrected chi connectivity index (χ3v) is 5.23. The number of nitrogen functional groups attached to an aromatic ring is 1. The Kier molecular flexibility index (Phi) is 7.83. The van der Waals surface area contributed by atoms with Crippen molar-refractivity contribution in [3.63, 3.8) is 0 Å². The highest BCUT2D eigenvalue weighted by molar-refractivity contribution is 5.78. The number of carbonyl (C=O) groups excluding carboxylic acids is 1. The van der Waals surface area contributed by atoms with E-state index in [1.807, 2.05) is 42.5 Å². The Hall–Kier alpha value is -3.59. The van der Waals surface area contributed by atoms with E-state index in [0.717, 1.165) is 17.7 Å². The number of nitrogens with two attached hydrogens (primary N) is 1. The molecule has 31 heavy (non-hydrogen) atoms. The predicted octanol–water partition coefficient (Wildman–Crippen LogP) is 3.96. The molecule has 0 aliphatic carbocycles. The fourth-order valence-corrected chi connectivity index (χ4v) is 3.48. The number of nitrogens with one attached hydrogen (secondary N) is 1. The van der Waals surface area contributed by atoms with Crippen molar-refractivity contribution >= 4 is 11.7 Å². The molecular weight excluding hydrogens is 386 g/mol. The molecule has 2 aromatic carbocycles. The summed E-state index contributed by atoms with van der Waals surface area (Å²) in [5, 5.41) is 17.0. The average molecular weight is 416 g/mol. The van der Waals surface area contributed by atoms with Crippen LogP contribution in [0.3, 0.4) is 0 Å². The van der Waals surface area contributed by atoms with Crippen LogP contribution < -0.4 is 11.1 Å². The molecule has 0 saturated carbocycles. The molecular formula is C25H29N5O. The van der Waals surface area contributed by atoms with Crippen LogP contribution in [-0.2, 0) is 24.1 Å². The van der Waals surface area contributed by atoms with E-state index < -0.39 is 0 Å². The number of aryl methyl sites for hydroxylation is 2. The van der Waals surface area contributed by atoms with E-state index in [9.17, 15) is 10.1 Å². The number of unbranched alkanes of at least 4 members (excludes halogenated alkanes) is 1. The van der Waals surface area contributed by atoms with Gasteiger partial charge in [0, 0.05) is 6.54 Å². The van der Waals surface area contributed by atoms with Crippen LogP contribution in [0.1, 0.15) is 48.6 Å². The zero-order valence-electron chi connectivity index (χ0n) is 18.0. The maximum Gasteiger partial charge on any atom is 0.224 e. The van der Waals surface area contributed by atoms with Gasteiger partial charge in [0.15, 0.2) is 0 Å². The number of anilines is 1. The zero-order valence-corrected chi connectivity index (χ0v) is 18.0. The van der Waals surface area contributed by atoms with Crippen LogP contribution in [0.25, 0.3) is 5.69 Å². The van der Waals surface area contributed by atoms with Crippen molar-refractivity contribution in [1.82, 2.24) is 15.1 Å². The minimum absolute atomic E-state index is 0.00357. The summed E-state index contributed by atoms with van der Waals surface area (Å²) < 4.78 is 1.59. The summed E-state index contributed by atoms with van der Waals surface area (Å²) in [6.07, 6.45) is 5.06. The molecule has 0 atom stereocenters. The van der Waals surface area contributed by atoms with E-state index in [0.29, 0.717) is 42.9 Å². The molecule has 0 fully saturated rings. The normalized spacial score (nSPS) is 10.6. The predicted molar refractivity (Wildman–Crippen MR) is 123 cm³/mol. The van der Waals surface area contributed by atoms with Gasteiger partial charge >= 0.3 is 0 Å². The number of nitrogens with zero attached hydrogens (tertiary/aromatic N) is 3. The van der Waals surface area contributed by atoms with Gasteiger partial charge in [0.05, 0.1) is 17.8 Å². The molecule has 160 valence electrons. The number of aromatic nitrogens is 2. The van der Waals surface area contributed by atoms with Crippen molar-refractivity contribution in [1.29, 1.82) is 5.26 Å². The van der Waals surface area contributed by atoms with E-state index in [1.165, 1.54) is 18.4 Å². The summed E-state index contributed by atoms with van der Waals surface area (Å²) in [7, 11) is 0. The molecule has 0 aliphatic heterocycles. The molecule has 1 heterocycles. The van der Waals surface area contributed by atoms with Gasteiger partial charge in [0.2, 0.25) is 5.91 Å². The third-order valence-electron chi connectivity index (χ3n) is 5.23. The molecule has 0 aliphatic rings. The Bertz CT molecular complexity index is 1030. The number of para-hydroxylation sites is 1. The van der Waals surface area contributed by atoms with Crippen LogP contribution in [-0.4, -0.2) is 22.2 Å². The Labute approximate surface area is 183 Å². The SMILES string of the molecule is CCCCc1ccc(CC(=O)NCCCc2nn(-c3ccccc3)c(N)c2C#N)cc1.